The van der Waals surface area contributed by atoms with Crippen LogP contribution in [-0.2, 0) is 4.79 Å². The molecule has 1 N–H and O–H groups in total. The Balaban J connectivity index is 2.25. The van der Waals surface area contributed by atoms with Crippen molar-refractivity contribution in [3.8, 4) is 0 Å². The second-order valence-corrected chi connectivity index (χ2v) is 6.64. The predicted molar refractivity (Wildman–Crippen MR) is 78.2 cm³/mol. The summed E-state index contributed by atoms with van der Waals surface area (Å²) in [5.74, 6) is -0.788. The maximum absolute atomic E-state index is 10.7. The summed E-state index contributed by atoms with van der Waals surface area (Å²) in [7, 11) is 0. The average Bonchev–Trinajstić information content (AvgIpc) is 2.92. The van der Waals surface area contributed by atoms with Crippen molar-refractivity contribution in [2.75, 3.05) is 5.75 Å². The third kappa shape index (κ3) is 3.39. The summed E-state index contributed by atoms with van der Waals surface area (Å²) in [5.41, 5.74) is 0.910. The molecule has 6 heteroatoms. The molecule has 0 spiro atoms. The van der Waals surface area contributed by atoms with Gasteiger partial charge in [0.15, 0.2) is 5.16 Å². The third-order valence-corrected chi connectivity index (χ3v) is 4.86. The van der Waals surface area contributed by atoms with Crippen LogP contribution >= 0.6 is 23.1 Å². The Morgan fingerprint density at radius 3 is 2.84 bits per heavy atom. The maximum Gasteiger partial charge on any atom is 0.313 e. The molecule has 1 atom stereocenters. The Morgan fingerprint density at radius 2 is 2.26 bits per heavy atom. The molecule has 2 rings (SSSR count). The minimum Gasteiger partial charge on any atom is -0.481 e. The Bertz CT molecular complexity index is 589. The van der Waals surface area contributed by atoms with Gasteiger partial charge >= 0.3 is 5.97 Å². The van der Waals surface area contributed by atoms with Crippen molar-refractivity contribution in [3.05, 3.63) is 33.8 Å². The van der Waals surface area contributed by atoms with E-state index in [1.54, 1.807) is 11.3 Å². The van der Waals surface area contributed by atoms with Crippen LogP contribution in [-0.4, -0.2) is 26.4 Å². The molecule has 19 heavy (non-hydrogen) atoms. The topological polar surface area (TPSA) is 55.1 Å². The number of carboxylic acid groups (broad SMARTS) is 1. The van der Waals surface area contributed by atoms with E-state index in [1.807, 2.05) is 17.7 Å². The van der Waals surface area contributed by atoms with Crippen LogP contribution in [0.25, 0.3) is 0 Å². The number of aryl methyl sites for hydroxylation is 2. The molecule has 0 saturated carbocycles. The smallest absolute Gasteiger partial charge is 0.313 e. The summed E-state index contributed by atoms with van der Waals surface area (Å²) < 4.78 is 2.05. The zero-order valence-corrected chi connectivity index (χ0v) is 12.7. The van der Waals surface area contributed by atoms with E-state index in [0.717, 1.165) is 10.9 Å². The lowest BCUT2D eigenvalue weighted by atomic mass is 10.3. The SMILES string of the molecule is Cc1cn(C(C)c2ccc(C)s2)c(SCC(=O)O)n1. The second kappa shape index (κ2) is 5.79. The van der Waals surface area contributed by atoms with E-state index in [0.29, 0.717) is 0 Å². The number of rotatable bonds is 5. The lowest BCUT2D eigenvalue weighted by Crippen LogP contribution is -2.07. The van der Waals surface area contributed by atoms with E-state index in [9.17, 15) is 4.79 Å². The number of carbonyl (C=O) groups is 1. The van der Waals surface area contributed by atoms with Crippen LogP contribution in [0.1, 0.15) is 28.4 Å². The highest BCUT2D eigenvalue weighted by Crippen LogP contribution is 2.29. The monoisotopic (exact) mass is 296 g/mol. The lowest BCUT2D eigenvalue weighted by molar-refractivity contribution is -0.133. The molecule has 2 aromatic rings. The summed E-state index contributed by atoms with van der Waals surface area (Å²) in [6, 6.07) is 4.40. The molecule has 0 bridgehead atoms. The molecule has 4 nitrogen and oxygen atoms in total. The van der Waals surface area contributed by atoms with Gasteiger partial charge in [0.25, 0.3) is 0 Å². The number of aliphatic carboxylic acids is 1. The number of imidazole rings is 1. The first-order chi connectivity index (χ1) is 8.97. The van der Waals surface area contributed by atoms with E-state index in [1.165, 1.54) is 21.5 Å². The molecule has 0 radical (unpaired) electrons. The molecule has 1 unspecified atom stereocenters. The van der Waals surface area contributed by atoms with Gasteiger partial charge in [0, 0.05) is 16.0 Å². The first kappa shape index (κ1) is 14.1. The fourth-order valence-corrected chi connectivity index (χ4v) is 3.57. The van der Waals surface area contributed by atoms with Crippen molar-refractivity contribution in [2.24, 2.45) is 0 Å². The molecule has 2 aromatic heterocycles. The summed E-state index contributed by atoms with van der Waals surface area (Å²) >= 11 is 3.02. The Morgan fingerprint density at radius 1 is 1.53 bits per heavy atom. The minimum absolute atomic E-state index is 0.0344. The predicted octanol–water partition coefficient (Wildman–Crippen LogP) is 3.35. The van der Waals surface area contributed by atoms with Crippen molar-refractivity contribution < 1.29 is 9.90 Å². The van der Waals surface area contributed by atoms with E-state index in [4.69, 9.17) is 5.11 Å². The molecule has 0 fully saturated rings. The molecule has 0 amide bonds. The standard InChI is InChI=1S/C13H16N2O2S2/c1-8-6-15(13(14-8)18-7-12(16)17)10(3)11-5-4-9(2)19-11/h4-6,10H,7H2,1-3H3,(H,16,17). The van der Waals surface area contributed by atoms with Crippen molar-refractivity contribution in [1.29, 1.82) is 0 Å². The highest BCUT2D eigenvalue weighted by atomic mass is 32.2. The number of hydrogen-bond acceptors (Lipinski definition) is 4. The van der Waals surface area contributed by atoms with Gasteiger partial charge in [-0.1, -0.05) is 11.8 Å². The van der Waals surface area contributed by atoms with Gasteiger partial charge in [0.1, 0.15) is 0 Å². The number of nitrogens with zero attached hydrogens (tertiary/aromatic N) is 2. The highest BCUT2D eigenvalue weighted by Gasteiger charge is 2.16. The summed E-state index contributed by atoms with van der Waals surface area (Å²) in [6.07, 6.45) is 1.98. The molecule has 2 heterocycles. The summed E-state index contributed by atoms with van der Waals surface area (Å²) in [4.78, 5) is 17.6. The fraction of sp³-hybridized carbons (Fsp3) is 0.385. The zero-order valence-electron chi connectivity index (χ0n) is 11.1. The third-order valence-electron chi connectivity index (χ3n) is 2.73. The van der Waals surface area contributed by atoms with Crippen molar-refractivity contribution in [1.82, 2.24) is 9.55 Å². The van der Waals surface area contributed by atoms with Crippen LogP contribution in [0.2, 0.25) is 0 Å². The average molecular weight is 296 g/mol. The van der Waals surface area contributed by atoms with E-state index in [-0.39, 0.29) is 11.8 Å². The van der Waals surface area contributed by atoms with E-state index in [2.05, 4.69) is 31.0 Å². The molecule has 0 aromatic carbocycles. The molecule has 0 aliphatic rings. The van der Waals surface area contributed by atoms with Gasteiger partial charge in [-0.05, 0) is 32.9 Å². The number of thiophene rings is 1. The summed E-state index contributed by atoms with van der Waals surface area (Å²) in [6.45, 7) is 6.12. The zero-order chi connectivity index (χ0) is 14.0. The Hall–Kier alpha value is -1.27. The number of thioether (sulfide) groups is 1. The lowest BCUT2D eigenvalue weighted by Gasteiger charge is -2.14. The van der Waals surface area contributed by atoms with Gasteiger partial charge in [-0.3, -0.25) is 4.79 Å². The molecule has 0 saturated heterocycles. The van der Waals surface area contributed by atoms with E-state index < -0.39 is 5.97 Å². The highest BCUT2D eigenvalue weighted by molar-refractivity contribution is 7.99. The Kier molecular flexibility index (Phi) is 4.31. The number of aromatic nitrogens is 2. The quantitative estimate of drug-likeness (QED) is 0.860. The first-order valence-corrected chi connectivity index (χ1v) is 7.74. The normalized spacial score (nSPS) is 12.6. The van der Waals surface area contributed by atoms with Crippen molar-refractivity contribution >= 4 is 29.1 Å². The van der Waals surface area contributed by atoms with Gasteiger partial charge in [0.2, 0.25) is 0 Å². The number of carboxylic acids is 1. The van der Waals surface area contributed by atoms with Gasteiger partial charge in [0.05, 0.1) is 17.5 Å². The summed E-state index contributed by atoms with van der Waals surface area (Å²) in [5, 5.41) is 9.54. The molecule has 0 aliphatic carbocycles. The molecular weight excluding hydrogens is 280 g/mol. The second-order valence-electron chi connectivity index (χ2n) is 4.38. The van der Waals surface area contributed by atoms with Crippen LogP contribution < -0.4 is 0 Å². The van der Waals surface area contributed by atoms with Crippen LogP contribution in [0.15, 0.2) is 23.5 Å². The molecule has 102 valence electrons. The minimum atomic E-state index is -0.822. The van der Waals surface area contributed by atoms with Crippen LogP contribution in [0.4, 0.5) is 0 Å². The largest absolute Gasteiger partial charge is 0.481 e. The maximum atomic E-state index is 10.7. The van der Waals surface area contributed by atoms with Crippen molar-refractivity contribution in [3.63, 3.8) is 0 Å². The van der Waals surface area contributed by atoms with Gasteiger partial charge in [-0.15, -0.1) is 11.3 Å². The van der Waals surface area contributed by atoms with Crippen LogP contribution in [0.3, 0.4) is 0 Å². The first-order valence-electron chi connectivity index (χ1n) is 5.93. The van der Waals surface area contributed by atoms with Gasteiger partial charge in [-0.2, -0.15) is 0 Å². The fourth-order valence-electron chi connectivity index (χ4n) is 1.82. The number of hydrogen-bond donors (Lipinski definition) is 1. The van der Waals surface area contributed by atoms with Crippen molar-refractivity contribution in [2.45, 2.75) is 32.0 Å². The Labute approximate surface area is 120 Å². The van der Waals surface area contributed by atoms with Gasteiger partial charge in [-0.25, -0.2) is 4.98 Å². The van der Waals surface area contributed by atoms with E-state index >= 15 is 0 Å². The van der Waals surface area contributed by atoms with Gasteiger partial charge < -0.3 is 9.67 Å². The molecular formula is C13H16N2O2S2. The molecule has 0 aliphatic heterocycles. The van der Waals surface area contributed by atoms with Crippen LogP contribution in [0, 0.1) is 13.8 Å². The van der Waals surface area contributed by atoms with Crippen LogP contribution in [0.5, 0.6) is 0 Å².